The minimum Gasteiger partial charge on any atom is -0.321 e. The number of amides is 1. The van der Waals surface area contributed by atoms with Crippen LogP contribution < -0.4 is 5.32 Å². The Morgan fingerprint density at radius 2 is 1.73 bits per heavy atom. The molecule has 1 amide bonds. The van der Waals surface area contributed by atoms with Crippen LogP contribution in [-0.2, 0) is 9.84 Å². The molecular weight excluding hydrogens is 404 g/mol. The number of benzene rings is 2. The van der Waals surface area contributed by atoms with Gasteiger partial charge in [-0.05, 0) is 50.2 Å². The number of carbonyl (C=O) groups excluding carboxylic acids is 1. The summed E-state index contributed by atoms with van der Waals surface area (Å²) < 4.78 is 49.6. The number of nitrogens with one attached hydrogen (secondary N) is 1. The second-order valence-corrected chi connectivity index (χ2v) is 9.48. The first kappa shape index (κ1) is 20.7. The first-order chi connectivity index (χ1) is 12.1. The van der Waals surface area contributed by atoms with Crippen LogP contribution in [0.3, 0.4) is 0 Å². The van der Waals surface area contributed by atoms with E-state index in [2.05, 4.69) is 5.32 Å². The molecule has 0 spiro atoms. The molecule has 0 aliphatic carbocycles. The standard InChI is InChI=1S/C17H16ClF2NO3S2/c1-10(2)26(23,24)12-8-6-11(7-9-12)16(22)21-14-5-3-4-13(18)15(14)25-17(19)20/h3-10,17H,1-2H3,(H,21,22). The van der Waals surface area contributed by atoms with Crippen molar-refractivity contribution in [2.75, 3.05) is 5.32 Å². The van der Waals surface area contributed by atoms with Crippen LogP contribution in [0.2, 0.25) is 5.02 Å². The van der Waals surface area contributed by atoms with Crippen molar-refractivity contribution in [3.8, 4) is 0 Å². The summed E-state index contributed by atoms with van der Waals surface area (Å²) in [4.78, 5) is 12.5. The number of carbonyl (C=O) groups is 1. The number of sulfone groups is 1. The molecule has 0 aliphatic rings. The van der Waals surface area contributed by atoms with Gasteiger partial charge in [-0.25, -0.2) is 8.42 Å². The molecule has 2 aromatic carbocycles. The van der Waals surface area contributed by atoms with E-state index >= 15 is 0 Å². The first-order valence-corrected chi connectivity index (χ1v) is 10.3. The Kier molecular flexibility index (Phi) is 6.65. The van der Waals surface area contributed by atoms with Gasteiger partial charge in [0, 0.05) is 5.56 Å². The van der Waals surface area contributed by atoms with Crippen LogP contribution in [0.4, 0.5) is 14.5 Å². The third-order valence-corrected chi connectivity index (χ3v) is 6.94. The lowest BCUT2D eigenvalue weighted by atomic mass is 10.2. The fourth-order valence-electron chi connectivity index (χ4n) is 2.08. The Morgan fingerprint density at radius 3 is 2.27 bits per heavy atom. The van der Waals surface area contributed by atoms with Crippen LogP contribution >= 0.6 is 23.4 Å². The number of halogens is 3. The van der Waals surface area contributed by atoms with Gasteiger partial charge in [-0.3, -0.25) is 4.79 Å². The molecule has 1 N–H and O–H groups in total. The number of alkyl halides is 2. The van der Waals surface area contributed by atoms with E-state index < -0.39 is 26.8 Å². The van der Waals surface area contributed by atoms with Gasteiger partial charge < -0.3 is 5.32 Å². The van der Waals surface area contributed by atoms with Crippen LogP contribution in [0.5, 0.6) is 0 Å². The van der Waals surface area contributed by atoms with Crippen molar-refractivity contribution in [1.82, 2.24) is 0 Å². The molecule has 0 aromatic heterocycles. The van der Waals surface area contributed by atoms with Crippen LogP contribution in [0.1, 0.15) is 24.2 Å². The Labute approximate surface area is 159 Å². The lowest BCUT2D eigenvalue weighted by molar-refractivity contribution is 0.102. The molecule has 2 rings (SSSR count). The largest absolute Gasteiger partial charge is 0.321 e. The third-order valence-electron chi connectivity index (χ3n) is 3.49. The zero-order valence-corrected chi connectivity index (χ0v) is 16.3. The summed E-state index contributed by atoms with van der Waals surface area (Å²) in [5.74, 6) is -3.25. The zero-order valence-electron chi connectivity index (χ0n) is 13.9. The predicted octanol–water partition coefficient (Wildman–Crippen LogP) is 5.09. The summed E-state index contributed by atoms with van der Waals surface area (Å²) >= 11 is 6.17. The molecule has 0 heterocycles. The second kappa shape index (κ2) is 8.37. The lowest BCUT2D eigenvalue weighted by Gasteiger charge is -2.12. The Morgan fingerprint density at radius 1 is 1.12 bits per heavy atom. The first-order valence-electron chi connectivity index (χ1n) is 7.51. The van der Waals surface area contributed by atoms with Gasteiger partial charge >= 0.3 is 0 Å². The molecule has 0 aliphatic heterocycles. The molecule has 0 saturated carbocycles. The molecule has 0 bridgehead atoms. The van der Waals surface area contributed by atoms with Crippen molar-refractivity contribution < 1.29 is 22.0 Å². The van der Waals surface area contributed by atoms with Gasteiger partial charge in [0.1, 0.15) is 0 Å². The van der Waals surface area contributed by atoms with E-state index in [4.69, 9.17) is 11.6 Å². The van der Waals surface area contributed by atoms with Crippen molar-refractivity contribution in [3.63, 3.8) is 0 Å². The predicted molar refractivity (Wildman–Crippen MR) is 100 cm³/mol. The lowest BCUT2D eigenvalue weighted by Crippen LogP contribution is -2.15. The van der Waals surface area contributed by atoms with Gasteiger partial charge in [-0.15, -0.1) is 0 Å². The van der Waals surface area contributed by atoms with Crippen molar-refractivity contribution in [2.24, 2.45) is 0 Å². The molecule has 0 fully saturated rings. The van der Waals surface area contributed by atoms with Gasteiger partial charge in [0.2, 0.25) is 0 Å². The highest BCUT2D eigenvalue weighted by Crippen LogP contribution is 2.37. The van der Waals surface area contributed by atoms with E-state index in [9.17, 15) is 22.0 Å². The van der Waals surface area contributed by atoms with E-state index in [0.29, 0.717) is 0 Å². The topological polar surface area (TPSA) is 63.2 Å². The van der Waals surface area contributed by atoms with Crippen molar-refractivity contribution >= 4 is 44.8 Å². The number of thioether (sulfide) groups is 1. The summed E-state index contributed by atoms with van der Waals surface area (Å²) in [6.07, 6.45) is 0. The number of hydrogen-bond acceptors (Lipinski definition) is 4. The van der Waals surface area contributed by atoms with Gasteiger partial charge in [-0.2, -0.15) is 8.78 Å². The van der Waals surface area contributed by atoms with E-state index in [0.717, 1.165) is 0 Å². The Bertz CT molecular complexity index is 901. The average molecular weight is 420 g/mol. The molecule has 0 radical (unpaired) electrons. The molecular formula is C17H16ClF2NO3S2. The Hall–Kier alpha value is -1.64. The maximum absolute atomic E-state index is 12.7. The number of hydrogen-bond donors (Lipinski definition) is 1. The van der Waals surface area contributed by atoms with Crippen molar-refractivity contribution in [1.29, 1.82) is 0 Å². The van der Waals surface area contributed by atoms with Crippen LogP contribution in [0, 0.1) is 0 Å². The highest BCUT2D eigenvalue weighted by atomic mass is 35.5. The minimum absolute atomic E-state index is 0.0662. The SMILES string of the molecule is CC(C)S(=O)(=O)c1ccc(C(=O)Nc2cccc(Cl)c2SC(F)F)cc1. The molecule has 0 atom stereocenters. The third kappa shape index (κ3) is 4.75. The maximum Gasteiger partial charge on any atom is 0.289 e. The van der Waals surface area contributed by atoms with E-state index in [1.54, 1.807) is 13.8 Å². The summed E-state index contributed by atoms with van der Waals surface area (Å²) in [7, 11) is -3.44. The molecule has 140 valence electrons. The van der Waals surface area contributed by atoms with Gasteiger partial charge in [0.05, 0.1) is 25.8 Å². The average Bonchev–Trinajstić information content (AvgIpc) is 2.57. The van der Waals surface area contributed by atoms with E-state index in [1.165, 1.54) is 42.5 Å². The van der Waals surface area contributed by atoms with Crippen LogP contribution in [0.15, 0.2) is 52.3 Å². The molecule has 0 unspecified atom stereocenters. The highest BCUT2D eigenvalue weighted by molar-refractivity contribution is 7.99. The maximum atomic E-state index is 12.7. The fourth-order valence-corrected chi connectivity index (χ4v) is 4.05. The van der Waals surface area contributed by atoms with Gasteiger partial charge in [-0.1, -0.05) is 29.4 Å². The molecule has 0 saturated heterocycles. The fraction of sp³-hybridized carbons (Fsp3) is 0.235. The summed E-state index contributed by atoms with van der Waals surface area (Å²) in [6, 6.07) is 9.88. The summed E-state index contributed by atoms with van der Waals surface area (Å²) in [6.45, 7) is 3.13. The van der Waals surface area contributed by atoms with E-state index in [-0.39, 0.29) is 37.8 Å². The molecule has 26 heavy (non-hydrogen) atoms. The quantitative estimate of drug-likeness (QED) is 0.662. The highest BCUT2D eigenvalue weighted by Gasteiger charge is 2.20. The van der Waals surface area contributed by atoms with Crippen molar-refractivity contribution in [2.45, 2.75) is 34.6 Å². The normalized spacial score (nSPS) is 11.8. The summed E-state index contributed by atoms with van der Waals surface area (Å²) in [5.41, 5.74) is 0.354. The molecule has 4 nitrogen and oxygen atoms in total. The van der Waals surface area contributed by atoms with Crippen LogP contribution in [-0.4, -0.2) is 25.3 Å². The monoisotopic (exact) mass is 419 g/mol. The van der Waals surface area contributed by atoms with Crippen molar-refractivity contribution in [3.05, 3.63) is 53.1 Å². The Balaban J connectivity index is 2.25. The second-order valence-electron chi connectivity index (χ2n) is 5.57. The molecule has 2 aromatic rings. The minimum atomic E-state index is -3.44. The zero-order chi connectivity index (χ0) is 19.5. The molecule has 9 heteroatoms. The summed E-state index contributed by atoms with van der Waals surface area (Å²) in [5, 5.41) is 2.05. The van der Waals surface area contributed by atoms with Crippen LogP contribution in [0.25, 0.3) is 0 Å². The smallest absolute Gasteiger partial charge is 0.289 e. The number of rotatable bonds is 6. The van der Waals surface area contributed by atoms with E-state index in [1.807, 2.05) is 0 Å². The number of anilines is 1. The van der Waals surface area contributed by atoms with Gasteiger partial charge in [0.15, 0.2) is 9.84 Å². The van der Waals surface area contributed by atoms with Gasteiger partial charge in [0.25, 0.3) is 11.7 Å².